The lowest BCUT2D eigenvalue weighted by Crippen LogP contribution is -2.23. The molecule has 0 aliphatic carbocycles. The molecule has 1 aromatic heterocycles. The van der Waals surface area contributed by atoms with Gasteiger partial charge < -0.3 is 14.6 Å². The second-order valence-electron chi connectivity index (χ2n) is 5.81. The Bertz CT molecular complexity index is 376. The van der Waals surface area contributed by atoms with E-state index in [-0.39, 0.29) is 6.04 Å². The van der Waals surface area contributed by atoms with Crippen LogP contribution in [-0.4, -0.2) is 29.3 Å². The van der Waals surface area contributed by atoms with Gasteiger partial charge >= 0.3 is 0 Å². The first kappa shape index (κ1) is 17.0. The molecule has 4 heteroatoms. The summed E-state index contributed by atoms with van der Waals surface area (Å²) >= 11 is 0. The molecule has 4 nitrogen and oxygen atoms in total. The summed E-state index contributed by atoms with van der Waals surface area (Å²) in [7, 11) is 1.73. The maximum absolute atomic E-state index is 5.18. The molecule has 0 bridgehead atoms. The molecule has 1 aromatic rings. The van der Waals surface area contributed by atoms with Gasteiger partial charge in [-0.3, -0.25) is 0 Å². The van der Waals surface area contributed by atoms with Crippen molar-refractivity contribution in [3.05, 3.63) is 11.9 Å². The van der Waals surface area contributed by atoms with E-state index in [9.17, 15) is 0 Å². The van der Waals surface area contributed by atoms with Crippen molar-refractivity contribution in [3.8, 4) is 0 Å². The molecule has 0 spiro atoms. The smallest absolute Gasteiger partial charge is 0.203 e. The van der Waals surface area contributed by atoms with Crippen molar-refractivity contribution in [3.63, 3.8) is 0 Å². The summed E-state index contributed by atoms with van der Waals surface area (Å²) in [5.41, 5.74) is 1.07. The Balaban J connectivity index is 2.59. The van der Waals surface area contributed by atoms with E-state index in [2.05, 4.69) is 41.8 Å². The fourth-order valence-electron chi connectivity index (χ4n) is 2.48. The predicted octanol–water partition coefficient (Wildman–Crippen LogP) is 4.17. The normalized spacial score (nSPS) is 14.2. The van der Waals surface area contributed by atoms with E-state index in [1.165, 1.54) is 32.1 Å². The van der Waals surface area contributed by atoms with Crippen LogP contribution in [0.2, 0.25) is 0 Å². The van der Waals surface area contributed by atoms with Crippen molar-refractivity contribution >= 4 is 5.95 Å². The zero-order valence-electron chi connectivity index (χ0n) is 13.8. The van der Waals surface area contributed by atoms with Crippen LogP contribution in [0.5, 0.6) is 0 Å². The van der Waals surface area contributed by atoms with Crippen molar-refractivity contribution < 1.29 is 4.74 Å². The first-order valence-electron chi connectivity index (χ1n) is 7.89. The van der Waals surface area contributed by atoms with Gasteiger partial charge in [0.25, 0.3) is 0 Å². The summed E-state index contributed by atoms with van der Waals surface area (Å²) in [6.07, 6.45) is 8.61. The second-order valence-corrected chi connectivity index (χ2v) is 5.81. The average Bonchev–Trinajstić information content (AvgIpc) is 2.75. The number of aryl methyl sites for hydroxylation is 1. The maximum Gasteiger partial charge on any atom is 0.203 e. The Morgan fingerprint density at radius 2 is 2.05 bits per heavy atom. The summed E-state index contributed by atoms with van der Waals surface area (Å²) in [4.78, 5) is 4.59. The van der Waals surface area contributed by atoms with Gasteiger partial charge in [0.05, 0.1) is 12.3 Å². The molecule has 0 aliphatic rings. The first-order valence-corrected chi connectivity index (χ1v) is 7.89. The zero-order valence-corrected chi connectivity index (χ0v) is 13.8. The largest absolute Gasteiger partial charge is 0.383 e. The Morgan fingerprint density at radius 3 is 2.70 bits per heavy atom. The van der Waals surface area contributed by atoms with E-state index >= 15 is 0 Å². The van der Waals surface area contributed by atoms with Gasteiger partial charge in [-0.15, -0.1) is 0 Å². The predicted molar refractivity (Wildman–Crippen MR) is 85.4 cm³/mol. The SMILES string of the molecule is CCCCCCC(C)n1cc(C)nc1NC(C)COC. The minimum Gasteiger partial charge on any atom is -0.383 e. The van der Waals surface area contributed by atoms with Crippen LogP contribution < -0.4 is 5.32 Å². The van der Waals surface area contributed by atoms with E-state index in [4.69, 9.17) is 4.74 Å². The van der Waals surface area contributed by atoms with Crippen molar-refractivity contribution in [2.75, 3.05) is 19.0 Å². The first-order chi connectivity index (χ1) is 9.58. The molecule has 2 atom stereocenters. The van der Waals surface area contributed by atoms with E-state index in [1.807, 2.05) is 6.92 Å². The highest BCUT2D eigenvalue weighted by atomic mass is 16.5. The minimum atomic E-state index is 0.271. The van der Waals surface area contributed by atoms with Gasteiger partial charge in [-0.1, -0.05) is 32.6 Å². The summed E-state index contributed by atoms with van der Waals surface area (Å²) in [6.45, 7) is 9.38. The third-order valence-corrected chi connectivity index (χ3v) is 3.60. The van der Waals surface area contributed by atoms with Crippen LogP contribution in [0.4, 0.5) is 5.95 Å². The maximum atomic E-state index is 5.18. The van der Waals surface area contributed by atoms with Crippen LogP contribution in [-0.2, 0) is 4.74 Å². The number of hydrogen-bond donors (Lipinski definition) is 1. The highest BCUT2D eigenvalue weighted by Crippen LogP contribution is 2.21. The minimum absolute atomic E-state index is 0.271. The quantitative estimate of drug-likeness (QED) is 0.654. The molecular weight excluding hydrogens is 250 g/mol. The highest BCUT2D eigenvalue weighted by molar-refractivity contribution is 5.30. The van der Waals surface area contributed by atoms with Crippen LogP contribution in [0.1, 0.15) is 64.6 Å². The van der Waals surface area contributed by atoms with Crippen LogP contribution in [0.25, 0.3) is 0 Å². The number of anilines is 1. The molecule has 0 saturated heterocycles. The van der Waals surface area contributed by atoms with Gasteiger partial charge in [-0.2, -0.15) is 0 Å². The second kappa shape index (κ2) is 9.01. The lowest BCUT2D eigenvalue weighted by Gasteiger charge is -2.19. The van der Waals surface area contributed by atoms with Crippen LogP contribution in [0.3, 0.4) is 0 Å². The number of nitrogens with one attached hydrogen (secondary N) is 1. The number of hydrogen-bond acceptors (Lipinski definition) is 3. The van der Waals surface area contributed by atoms with Crippen molar-refractivity contribution in [1.29, 1.82) is 0 Å². The molecule has 1 N–H and O–H groups in total. The van der Waals surface area contributed by atoms with Gasteiger partial charge in [0.15, 0.2) is 0 Å². The molecule has 0 aromatic carbocycles. The molecule has 0 saturated carbocycles. The molecule has 20 heavy (non-hydrogen) atoms. The van der Waals surface area contributed by atoms with Crippen LogP contribution >= 0.6 is 0 Å². The van der Waals surface area contributed by atoms with E-state index in [1.54, 1.807) is 7.11 Å². The molecule has 0 aliphatic heterocycles. The molecule has 0 fully saturated rings. The number of aromatic nitrogens is 2. The molecule has 1 rings (SSSR count). The summed E-state index contributed by atoms with van der Waals surface area (Å²) < 4.78 is 7.45. The van der Waals surface area contributed by atoms with Gasteiger partial charge in [0.2, 0.25) is 5.95 Å². The van der Waals surface area contributed by atoms with Gasteiger partial charge in [0, 0.05) is 25.4 Å². The number of ether oxygens (including phenoxy) is 1. The molecule has 0 amide bonds. The van der Waals surface area contributed by atoms with Crippen LogP contribution in [0, 0.1) is 6.92 Å². The standard InChI is InChI=1S/C16H31N3O/c1-6-7-8-9-10-15(4)19-11-13(2)17-16(19)18-14(3)12-20-5/h11,14-15H,6-10,12H2,1-5H3,(H,17,18). The molecular formula is C16H31N3O. The summed E-state index contributed by atoms with van der Waals surface area (Å²) in [5.74, 6) is 0.968. The third-order valence-electron chi connectivity index (χ3n) is 3.60. The summed E-state index contributed by atoms with van der Waals surface area (Å²) in [6, 6.07) is 0.762. The molecule has 1 heterocycles. The average molecular weight is 281 g/mol. The Labute approximate surface area is 123 Å². The van der Waals surface area contributed by atoms with Crippen molar-refractivity contribution in [2.45, 2.75) is 71.9 Å². The number of methoxy groups -OCH3 is 1. The van der Waals surface area contributed by atoms with Crippen LogP contribution in [0.15, 0.2) is 6.20 Å². The molecule has 0 radical (unpaired) electrons. The molecule has 2 unspecified atom stereocenters. The Morgan fingerprint density at radius 1 is 1.30 bits per heavy atom. The Kier molecular flexibility index (Phi) is 7.67. The number of nitrogens with zero attached hydrogens (tertiary/aromatic N) is 2. The lowest BCUT2D eigenvalue weighted by atomic mass is 10.1. The van der Waals surface area contributed by atoms with Gasteiger partial charge in [-0.05, 0) is 27.2 Å². The monoisotopic (exact) mass is 281 g/mol. The van der Waals surface area contributed by atoms with E-state index in [0.29, 0.717) is 12.6 Å². The van der Waals surface area contributed by atoms with Crippen molar-refractivity contribution in [1.82, 2.24) is 9.55 Å². The van der Waals surface area contributed by atoms with E-state index < -0.39 is 0 Å². The van der Waals surface area contributed by atoms with Crippen molar-refractivity contribution in [2.24, 2.45) is 0 Å². The number of rotatable bonds is 10. The number of imidazole rings is 1. The van der Waals surface area contributed by atoms with Gasteiger partial charge in [0.1, 0.15) is 0 Å². The zero-order chi connectivity index (χ0) is 15.0. The topological polar surface area (TPSA) is 39.1 Å². The fourth-order valence-corrected chi connectivity index (χ4v) is 2.48. The van der Waals surface area contributed by atoms with E-state index in [0.717, 1.165) is 11.6 Å². The Hall–Kier alpha value is -1.03. The van der Waals surface area contributed by atoms with Gasteiger partial charge in [-0.25, -0.2) is 4.98 Å². The fraction of sp³-hybridized carbons (Fsp3) is 0.812. The molecule has 116 valence electrons. The highest BCUT2D eigenvalue weighted by Gasteiger charge is 2.13. The summed E-state index contributed by atoms with van der Waals surface area (Å²) in [5, 5.41) is 3.44. The lowest BCUT2D eigenvalue weighted by molar-refractivity contribution is 0.190. The number of unbranched alkanes of at least 4 members (excludes halogenated alkanes) is 3. The third kappa shape index (κ3) is 5.53.